The van der Waals surface area contributed by atoms with Gasteiger partial charge in [0.1, 0.15) is 5.82 Å². The van der Waals surface area contributed by atoms with E-state index in [-0.39, 0.29) is 5.91 Å². The maximum absolute atomic E-state index is 12.0. The monoisotopic (exact) mass is 327 g/mol. The van der Waals surface area contributed by atoms with Crippen molar-refractivity contribution in [1.82, 2.24) is 20.2 Å². The largest absolute Gasteiger partial charge is 0.326 e. The number of nitrogens with zero attached hydrogens (tertiary/aromatic N) is 3. The Balaban J connectivity index is 1.57. The molecule has 0 unspecified atom stereocenters. The molecule has 3 rings (SSSR count). The third kappa shape index (κ3) is 3.81. The molecule has 23 heavy (non-hydrogen) atoms. The van der Waals surface area contributed by atoms with E-state index in [1.807, 2.05) is 43.6 Å². The van der Waals surface area contributed by atoms with Gasteiger partial charge in [-0.1, -0.05) is 0 Å². The summed E-state index contributed by atoms with van der Waals surface area (Å²) in [5.41, 5.74) is 4.50. The number of carbonyl (C=O) groups is 1. The zero-order valence-corrected chi connectivity index (χ0v) is 13.8. The van der Waals surface area contributed by atoms with Gasteiger partial charge in [-0.25, -0.2) is 9.97 Å². The van der Waals surface area contributed by atoms with Crippen molar-refractivity contribution in [2.24, 2.45) is 0 Å². The number of carbonyl (C=O) groups excluding carboxylic acids is 1. The number of hydrogen-bond acceptors (Lipinski definition) is 5. The lowest BCUT2D eigenvalue weighted by Crippen LogP contribution is -2.12. The maximum Gasteiger partial charge on any atom is 0.224 e. The first-order valence-corrected chi connectivity index (χ1v) is 8.18. The molecule has 7 heteroatoms. The molecule has 1 amide bonds. The summed E-state index contributed by atoms with van der Waals surface area (Å²) in [4.78, 5) is 21.7. The molecule has 3 aromatic rings. The van der Waals surface area contributed by atoms with Crippen LogP contribution >= 0.6 is 11.3 Å². The first-order valence-electron chi connectivity index (χ1n) is 7.30. The average molecular weight is 327 g/mol. The van der Waals surface area contributed by atoms with Crippen LogP contribution < -0.4 is 5.32 Å². The highest BCUT2D eigenvalue weighted by molar-refractivity contribution is 7.09. The number of rotatable bonds is 5. The van der Waals surface area contributed by atoms with Gasteiger partial charge < -0.3 is 5.32 Å². The van der Waals surface area contributed by atoms with E-state index >= 15 is 0 Å². The van der Waals surface area contributed by atoms with Gasteiger partial charge in [-0.15, -0.1) is 11.3 Å². The number of benzene rings is 1. The molecule has 6 nitrogen and oxygen atoms in total. The zero-order valence-electron chi connectivity index (χ0n) is 13.0. The summed E-state index contributed by atoms with van der Waals surface area (Å²) in [6, 6.07) is 7.50. The minimum Gasteiger partial charge on any atom is -0.326 e. The molecule has 2 heterocycles. The molecular formula is C16H17N5OS. The number of aromatic nitrogens is 4. The lowest BCUT2D eigenvalue weighted by Gasteiger charge is -2.05. The number of thiazole rings is 1. The van der Waals surface area contributed by atoms with Crippen LogP contribution in [-0.4, -0.2) is 26.1 Å². The molecule has 2 aromatic heterocycles. The van der Waals surface area contributed by atoms with E-state index in [2.05, 4.69) is 25.5 Å². The molecular weight excluding hydrogens is 310 g/mol. The molecule has 0 spiro atoms. The molecule has 0 bridgehead atoms. The predicted octanol–water partition coefficient (Wildman–Crippen LogP) is 3.12. The van der Waals surface area contributed by atoms with Crippen LogP contribution in [0.5, 0.6) is 0 Å². The highest BCUT2D eigenvalue weighted by Gasteiger charge is 2.08. The maximum atomic E-state index is 12.0. The molecule has 0 aliphatic heterocycles. The second kappa shape index (κ2) is 6.70. The fourth-order valence-corrected chi connectivity index (χ4v) is 2.97. The molecule has 0 radical (unpaired) electrons. The number of aryl methyl sites for hydroxylation is 3. The Kier molecular flexibility index (Phi) is 4.47. The van der Waals surface area contributed by atoms with E-state index in [9.17, 15) is 4.79 Å². The second-order valence-corrected chi connectivity index (χ2v) is 6.17. The van der Waals surface area contributed by atoms with Gasteiger partial charge in [0, 0.05) is 22.5 Å². The molecule has 0 saturated carbocycles. The molecule has 0 aliphatic rings. The Labute approximate surface area is 138 Å². The smallest absolute Gasteiger partial charge is 0.224 e. The van der Waals surface area contributed by atoms with Gasteiger partial charge in [0.15, 0.2) is 5.82 Å². The van der Waals surface area contributed by atoms with Crippen LogP contribution in [0, 0.1) is 13.8 Å². The third-order valence-electron chi connectivity index (χ3n) is 3.45. The van der Waals surface area contributed by atoms with Crippen LogP contribution in [0.4, 0.5) is 5.69 Å². The van der Waals surface area contributed by atoms with Crippen molar-refractivity contribution in [3.63, 3.8) is 0 Å². The van der Waals surface area contributed by atoms with Gasteiger partial charge in [-0.2, -0.15) is 5.10 Å². The van der Waals surface area contributed by atoms with Crippen molar-refractivity contribution in [2.45, 2.75) is 26.7 Å². The van der Waals surface area contributed by atoms with Crippen molar-refractivity contribution in [2.75, 3.05) is 5.32 Å². The normalized spacial score (nSPS) is 10.7. The third-order valence-corrected chi connectivity index (χ3v) is 4.44. The van der Waals surface area contributed by atoms with Crippen molar-refractivity contribution in [3.05, 3.63) is 46.2 Å². The topological polar surface area (TPSA) is 83.6 Å². The Morgan fingerprint density at radius 2 is 2.04 bits per heavy atom. The first-order chi connectivity index (χ1) is 11.1. The Bertz CT molecular complexity index is 806. The molecule has 0 fully saturated rings. The van der Waals surface area contributed by atoms with E-state index in [1.54, 1.807) is 11.3 Å². The van der Waals surface area contributed by atoms with Gasteiger partial charge >= 0.3 is 0 Å². The fraction of sp³-hybridized carbons (Fsp3) is 0.250. The highest BCUT2D eigenvalue weighted by atomic mass is 32.1. The predicted molar refractivity (Wildman–Crippen MR) is 90.4 cm³/mol. The van der Waals surface area contributed by atoms with E-state index < -0.39 is 0 Å². The zero-order chi connectivity index (χ0) is 16.2. The van der Waals surface area contributed by atoms with Crippen molar-refractivity contribution < 1.29 is 4.79 Å². The van der Waals surface area contributed by atoms with E-state index in [4.69, 9.17) is 0 Å². The van der Waals surface area contributed by atoms with E-state index in [0.29, 0.717) is 12.2 Å². The van der Waals surface area contributed by atoms with Gasteiger partial charge in [0.25, 0.3) is 0 Å². The minimum absolute atomic E-state index is 0.000658. The van der Waals surface area contributed by atoms with Crippen LogP contribution in [0.25, 0.3) is 11.4 Å². The van der Waals surface area contributed by atoms with E-state index in [1.165, 1.54) is 0 Å². The number of amides is 1. The van der Waals surface area contributed by atoms with Gasteiger partial charge in [-0.3, -0.25) is 9.89 Å². The summed E-state index contributed by atoms with van der Waals surface area (Å²) in [6.07, 6.45) is 1.17. The number of aromatic amines is 1. The molecule has 0 aliphatic carbocycles. The number of nitrogens with one attached hydrogen (secondary N) is 2. The summed E-state index contributed by atoms with van der Waals surface area (Å²) in [6.45, 7) is 3.82. The Morgan fingerprint density at radius 1 is 1.26 bits per heavy atom. The lowest BCUT2D eigenvalue weighted by atomic mass is 10.2. The standard InChI is InChI=1S/C16H17N5OS/c1-10-14(23-9-17-10)7-8-15(22)19-13-5-3-12(4-6-13)16-18-11(2)20-21-16/h3-6,9H,7-8H2,1-2H3,(H,19,22)(H,18,20,21). The first kappa shape index (κ1) is 15.4. The van der Waals surface area contributed by atoms with Crippen molar-refractivity contribution in [1.29, 1.82) is 0 Å². The fourth-order valence-electron chi connectivity index (χ4n) is 2.19. The minimum atomic E-state index is -0.000658. The Hall–Kier alpha value is -2.54. The second-order valence-electron chi connectivity index (χ2n) is 5.23. The molecule has 118 valence electrons. The summed E-state index contributed by atoms with van der Waals surface area (Å²) < 4.78 is 0. The van der Waals surface area contributed by atoms with Gasteiger partial charge in [0.2, 0.25) is 5.91 Å². The average Bonchev–Trinajstić information content (AvgIpc) is 3.15. The van der Waals surface area contributed by atoms with Gasteiger partial charge in [0.05, 0.1) is 11.2 Å². The highest BCUT2D eigenvalue weighted by Crippen LogP contribution is 2.19. The van der Waals surface area contributed by atoms with Crippen LogP contribution in [0.3, 0.4) is 0 Å². The van der Waals surface area contributed by atoms with Crippen LogP contribution in [0.15, 0.2) is 29.8 Å². The van der Waals surface area contributed by atoms with Gasteiger partial charge in [-0.05, 0) is 44.5 Å². The molecule has 1 aromatic carbocycles. The number of hydrogen-bond donors (Lipinski definition) is 2. The summed E-state index contributed by atoms with van der Waals surface area (Å²) in [5, 5.41) is 9.83. The van der Waals surface area contributed by atoms with E-state index in [0.717, 1.165) is 34.1 Å². The lowest BCUT2D eigenvalue weighted by molar-refractivity contribution is -0.116. The van der Waals surface area contributed by atoms with Crippen LogP contribution in [0.2, 0.25) is 0 Å². The quantitative estimate of drug-likeness (QED) is 0.754. The Morgan fingerprint density at radius 3 is 2.65 bits per heavy atom. The molecule has 2 N–H and O–H groups in total. The molecule has 0 saturated heterocycles. The molecule has 0 atom stereocenters. The number of anilines is 1. The SMILES string of the molecule is Cc1nc(-c2ccc(NC(=O)CCc3scnc3C)cc2)n[nH]1. The van der Waals surface area contributed by atoms with Crippen molar-refractivity contribution in [3.8, 4) is 11.4 Å². The van der Waals surface area contributed by atoms with Crippen LogP contribution in [-0.2, 0) is 11.2 Å². The summed E-state index contributed by atoms with van der Waals surface area (Å²) >= 11 is 1.59. The number of H-pyrrole nitrogens is 1. The van der Waals surface area contributed by atoms with Crippen molar-refractivity contribution >= 4 is 22.9 Å². The van der Waals surface area contributed by atoms with Crippen LogP contribution in [0.1, 0.15) is 22.8 Å². The summed E-state index contributed by atoms with van der Waals surface area (Å²) in [7, 11) is 0. The summed E-state index contributed by atoms with van der Waals surface area (Å²) in [5.74, 6) is 1.43.